The van der Waals surface area contributed by atoms with Crippen LogP contribution in [0.5, 0.6) is 0 Å². The molecule has 0 spiro atoms. The van der Waals surface area contributed by atoms with Crippen molar-refractivity contribution in [2.24, 2.45) is 0 Å². The molecule has 21 heavy (non-hydrogen) atoms. The van der Waals surface area contributed by atoms with E-state index in [9.17, 15) is 4.79 Å². The molecular weight excluding hydrogens is 280 g/mol. The van der Waals surface area contributed by atoms with Crippen LogP contribution in [0.3, 0.4) is 0 Å². The van der Waals surface area contributed by atoms with E-state index in [4.69, 9.17) is 0 Å². The third-order valence-electron chi connectivity index (χ3n) is 3.44. The summed E-state index contributed by atoms with van der Waals surface area (Å²) >= 11 is 1.72. The molecule has 0 unspecified atom stereocenters. The van der Waals surface area contributed by atoms with Crippen molar-refractivity contribution in [1.82, 2.24) is 10.2 Å². The highest BCUT2D eigenvalue weighted by molar-refractivity contribution is 7.98. The lowest BCUT2D eigenvalue weighted by Gasteiger charge is -2.24. The normalized spacial score (nSPS) is 12.1. The molecule has 0 aromatic heterocycles. The van der Waals surface area contributed by atoms with E-state index in [2.05, 4.69) is 24.4 Å². The summed E-state index contributed by atoms with van der Waals surface area (Å²) in [5.41, 5.74) is 1.17. The number of thioether (sulfide) groups is 1. The molecule has 0 heterocycles. The Morgan fingerprint density at radius 2 is 2.00 bits per heavy atom. The number of nitrogens with one attached hydrogen (secondary N) is 1. The van der Waals surface area contributed by atoms with Gasteiger partial charge in [-0.2, -0.15) is 11.8 Å². The summed E-state index contributed by atoms with van der Waals surface area (Å²) in [4.78, 5) is 14.4. The number of amides is 1. The monoisotopic (exact) mass is 308 g/mol. The zero-order chi connectivity index (χ0) is 15.5. The van der Waals surface area contributed by atoms with Crippen molar-refractivity contribution in [3.8, 4) is 0 Å². The van der Waals surface area contributed by atoms with Crippen molar-refractivity contribution in [3.63, 3.8) is 0 Å². The molecule has 0 saturated heterocycles. The Morgan fingerprint density at radius 1 is 1.29 bits per heavy atom. The van der Waals surface area contributed by atoms with Crippen LogP contribution >= 0.6 is 11.8 Å². The highest BCUT2D eigenvalue weighted by Gasteiger charge is 2.20. The van der Waals surface area contributed by atoms with Crippen LogP contribution < -0.4 is 5.32 Å². The van der Waals surface area contributed by atoms with E-state index in [0.29, 0.717) is 6.54 Å². The second-order valence-corrected chi connectivity index (χ2v) is 6.26. The number of hydrogen-bond acceptors (Lipinski definition) is 3. The van der Waals surface area contributed by atoms with Crippen molar-refractivity contribution in [1.29, 1.82) is 0 Å². The number of benzene rings is 1. The molecule has 0 saturated carbocycles. The van der Waals surface area contributed by atoms with Gasteiger partial charge in [-0.1, -0.05) is 50.1 Å². The van der Waals surface area contributed by atoms with Crippen LogP contribution in [-0.2, 0) is 11.3 Å². The maximum absolute atomic E-state index is 12.6. The SMILES string of the molecule is CCCCCN[C@@H](CSC)C(=O)N(C)Cc1ccccc1. The maximum Gasteiger partial charge on any atom is 0.240 e. The molecule has 1 aromatic rings. The van der Waals surface area contributed by atoms with E-state index in [1.807, 2.05) is 36.4 Å². The van der Waals surface area contributed by atoms with E-state index in [1.165, 1.54) is 18.4 Å². The minimum atomic E-state index is -0.0782. The first-order chi connectivity index (χ1) is 10.2. The van der Waals surface area contributed by atoms with E-state index in [0.717, 1.165) is 18.7 Å². The maximum atomic E-state index is 12.6. The highest BCUT2D eigenvalue weighted by Crippen LogP contribution is 2.07. The number of carbonyl (C=O) groups is 1. The van der Waals surface area contributed by atoms with Crippen LogP contribution in [0.1, 0.15) is 31.7 Å². The van der Waals surface area contributed by atoms with Crippen molar-refractivity contribution in [2.75, 3.05) is 25.6 Å². The van der Waals surface area contributed by atoms with Crippen LogP contribution in [0, 0.1) is 0 Å². The third-order valence-corrected chi connectivity index (χ3v) is 4.11. The van der Waals surface area contributed by atoms with E-state index >= 15 is 0 Å². The summed E-state index contributed by atoms with van der Waals surface area (Å²) < 4.78 is 0. The lowest BCUT2D eigenvalue weighted by Crippen LogP contribution is -2.46. The molecular formula is C17H28N2OS. The van der Waals surface area contributed by atoms with Gasteiger partial charge in [0, 0.05) is 19.3 Å². The molecule has 0 fully saturated rings. The molecule has 0 aliphatic carbocycles. The van der Waals surface area contributed by atoms with Crippen molar-refractivity contribution in [2.45, 2.75) is 38.8 Å². The molecule has 3 nitrogen and oxygen atoms in total. The predicted octanol–water partition coefficient (Wildman–Crippen LogP) is 3.16. The number of likely N-dealkylation sites (N-methyl/N-ethyl adjacent to an activating group) is 1. The molecule has 1 N–H and O–H groups in total. The van der Waals surface area contributed by atoms with Gasteiger partial charge in [0.05, 0.1) is 6.04 Å². The average molecular weight is 308 g/mol. The first-order valence-corrected chi connectivity index (χ1v) is 9.09. The highest BCUT2D eigenvalue weighted by atomic mass is 32.2. The molecule has 1 rings (SSSR count). The second-order valence-electron chi connectivity index (χ2n) is 5.35. The molecule has 0 aliphatic heterocycles. The number of nitrogens with zero attached hydrogens (tertiary/aromatic N) is 1. The molecule has 0 radical (unpaired) electrons. The zero-order valence-electron chi connectivity index (χ0n) is 13.5. The largest absolute Gasteiger partial charge is 0.340 e. The summed E-state index contributed by atoms with van der Waals surface area (Å²) in [5, 5.41) is 3.41. The van der Waals surface area contributed by atoms with Crippen LogP contribution in [0.15, 0.2) is 30.3 Å². The molecule has 118 valence electrons. The van der Waals surface area contributed by atoms with Gasteiger partial charge < -0.3 is 10.2 Å². The number of carbonyl (C=O) groups excluding carboxylic acids is 1. The quantitative estimate of drug-likeness (QED) is 0.674. The molecule has 1 atom stereocenters. The Bertz CT molecular complexity index is 397. The molecule has 4 heteroatoms. The van der Waals surface area contributed by atoms with E-state index < -0.39 is 0 Å². The smallest absolute Gasteiger partial charge is 0.240 e. The minimum absolute atomic E-state index is 0.0782. The van der Waals surface area contributed by atoms with Crippen molar-refractivity contribution < 1.29 is 4.79 Å². The summed E-state index contributed by atoms with van der Waals surface area (Å²) in [7, 11) is 1.89. The minimum Gasteiger partial charge on any atom is -0.340 e. The van der Waals surface area contributed by atoms with Crippen LogP contribution in [0.4, 0.5) is 0 Å². The Hall–Kier alpha value is -1.00. The Kier molecular flexibility index (Phi) is 9.19. The van der Waals surface area contributed by atoms with Gasteiger partial charge in [0.2, 0.25) is 5.91 Å². The van der Waals surface area contributed by atoms with Crippen LogP contribution in [0.2, 0.25) is 0 Å². The Morgan fingerprint density at radius 3 is 2.62 bits per heavy atom. The van der Waals surface area contributed by atoms with Gasteiger partial charge >= 0.3 is 0 Å². The lowest BCUT2D eigenvalue weighted by atomic mass is 10.2. The summed E-state index contributed by atoms with van der Waals surface area (Å²) in [6, 6.07) is 10.1. The fourth-order valence-corrected chi connectivity index (χ4v) is 2.83. The first kappa shape index (κ1) is 18.1. The van der Waals surface area contributed by atoms with Gasteiger partial charge in [0.25, 0.3) is 0 Å². The fourth-order valence-electron chi connectivity index (χ4n) is 2.24. The van der Waals surface area contributed by atoms with E-state index in [-0.39, 0.29) is 11.9 Å². The average Bonchev–Trinajstić information content (AvgIpc) is 2.50. The van der Waals surface area contributed by atoms with Crippen LogP contribution in [-0.4, -0.2) is 42.4 Å². The summed E-state index contributed by atoms with van der Waals surface area (Å²) in [6.07, 6.45) is 5.60. The zero-order valence-corrected chi connectivity index (χ0v) is 14.3. The Balaban J connectivity index is 2.49. The lowest BCUT2D eigenvalue weighted by molar-refractivity contribution is -0.132. The predicted molar refractivity (Wildman–Crippen MR) is 92.6 cm³/mol. The molecule has 1 aromatic carbocycles. The molecule has 0 aliphatic rings. The van der Waals surface area contributed by atoms with Gasteiger partial charge in [-0.25, -0.2) is 0 Å². The Labute approximate surface area is 133 Å². The van der Waals surface area contributed by atoms with Gasteiger partial charge in [-0.15, -0.1) is 0 Å². The first-order valence-electron chi connectivity index (χ1n) is 7.70. The topological polar surface area (TPSA) is 32.3 Å². The molecule has 1 amide bonds. The summed E-state index contributed by atoms with van der Waals surface area (Å²) in [5.74, 6) is 1.01. The van der Waals surface area contributed by atoms with Crippen LogP contribution in [0.25, 0.3) is 0 Å². The standard InChI is InChI=1S/C17H28N2OS/c1-4-5-9-12-18-16(14-21-3)17(20)19(2)13-15-10-7-6-8-11-15/h6-8,10-11,16,18H,4-5,9,12-14H2,1-3H3/t16-/m0/s1. The number of unbranched alkanes of at least 4 members (excludes halogenated alkanes) is 2. The van der Waals surface area contributed by atoms with Gasteiger partial charge in [-0.3, -0.25) is 4.79 Å². The van der Waals surface area contributed by atoms with Crippen molar-refractivity contribution in [3.05, 3.63) is 35.9 Å². The van der Waals surface area contributed by atoms with Crippen molar-refractivity contribution >= 4 is 17.7 Å². The van der Waals surface area contributed by atoms with Gasteiger partial charge in [-0.05, 0) is 24.8 Å². The number of rotatable bonds is 10. The summed E-state index contributed by atoms with van der Waals surface area (Å²) in [6.45, 7) is 3.78. The number of hydrogen-bond donors (Lipinski definition) is 1. The third kappa shape index (κ3) is 7.00. The fraction of sp³-hybridized carbons (Fsp3) is 0.588. The molecule has 0 bridgehead atoms. The van der Waals surface area contributed by atoms with Gasteiger partial charge in [0.1, 0.15) is 0 Å². The second kappa shape index (κ2) is 10.7. The van der Waals surface area contributed by atoms with E-state index in [1.54, 1.807) is 11.8 Å². The van der Waals surface area contributed by atoms with Gasteiger partial charge in [0.15, 0.2) is 0 Å².